The Balaban J connectivity index is 0.00000211. The molecule has 22 heavy (non-hydrogen) atoms. The van der Waals surface area contributed by atoms with E-state index in [4.69, 9.17) is 4.74 Å². The lowest BCUT2D eigenvalue weighted by Crippen LogP contribution is -2.52. The second-order valence-corrected chi connectivity index (χ2v) is 5.08. The molecule has 0 aliphatic rings. The van der Waals surface area contributed by atoms with Crippen molar-refractivity contribution in [2.75, 3.05) is 13.2 Å². The number of ether oxygens (including phenoxy) is 1. The maximum absolute atomic E-state index is 12.1. The number of carbonyl (C=O) groups is 2. The van der Waals surface area contributed by atoms with Gasteiger partial charge in [0.1, 0.15) is 12.1 Å². The Labute approximate surface area is 132 Å². The lowest BCUT2D eigenvalue weighted by Gasteiger charge is -2.24. The zero-order valence-electron chi connectivity index (χ0n) is 14.4. The SMILES string of the molecule is CC.CCCOCC(=O)NNC(=O)C(C)(C)n1cc(C)cn1. The normalized spacial score (nSPS) is 10.5. The van der Waals surface area contributed by atoms with Gasteiger partial charge in [-0.2, -0.15) is 5.10 Å². The fourth-order valence-electron chi connectivity index (χ4n) is 1.45. The number of carbonyl (C=O) groups excluding carboxylic acids is 2. The van der Waals surface area contributed by atoms with Crippen molar-refractivity contribution in [3.05, 3.63) is 18.0 Å². The number of hydrazine groups is 1. The predicted octanol–water partition coefficient (Wildman–Crippen LogP) is 1.53. The van der Waals surface area contributed by atoms with Crippen LogP contribution in [-0.4, -0.2) is 34.8 Å². The molecule has 1 aromatic heterocycles. The predicted molar refractivity (Wildman–Crippen MR) is 85.0 cm³/mol. The summed E-state index contributed by atoms with van der Waals surface area (Å²) in [7, 11) is 0. The van der Waals surface area contributed by atoms with Gasteiger partial charge in [-0.05, 0) is 32.8 Å². The van der Waals surface area contributed by atoms with Crippen LogP contribution >= 0.6 is 0 Å². The number of nitrogens with one attached hydrogen (secondary N) is 2. The van der Waals surface area contributed by atoms with Crippen molar-refractivity contribution >= 4 is 11.8 Å². The highest BCUT2D eigenvalue weighted by atomic mass is 16.5. The topological polar surface area (TPSA) is 85.3 Å². The number of hydrogen-bond acceptors (Lipinski definition) is 4. The molecule has 0 bridgehead atoms. The molecule has 1 rings (SSSR count). The van der Waals surface area contributed by atoms with Crippen LogP contribution in [0, 0.1) is 6.92 Å². The second-order valence-electron chi connectivity index (χ2n) is 5.08. The second kappa shape index (κ2) is 9.94. The first-order valence-corrected chi connectivity index (χ1v) is 7.56. The van der Waals surface area contributed by atoms with Crippen molar-refractivity contribution in [3.8, 4) is 0 Å². The average molecular weight is 312 g/mol. The smallest absolute Gasteiger partial charge is 0.265 e. The Kier molecular flexibility index (Phi) is 9.09. The van der Waals surface area contributed by atoms with Gasteiger partial charge in [-0.1, -0.05) is 20.8 Å². The molecular formula is C15H28N4O3. The molecule has 2 amide bonds. The van der Waals surface area contributed by atoms with Crippen LogP contribution in [-0.2, 0) is 19.9 Å². The highest BCUT2D eigenvalue weighted by Crippen LogP contribution is 2.14. The van der Waals surface area contributed by atoms with Crippen molar-refractivity contribution < 1.29 is 14.3 Å². The van der Waals surface area contributed by atoms with E-state index in [1.54, 1.807) is 30.9 Å². The van der Waals surface area contributed by atoms with Crippen LogP contribution < -0.4 is 10.9 Å². The maximum atomic E-state index is 12.1. The number of aromatic nitrogens is 2. The first-order valence-electron chi connectivity index (χ1n) is 7.56. The molecule has 0 aliphatic heterocycles. The molecule has 0 aromatic carbocycles. The van der Waals surface area contributed by atoms with Crippen LogP contribution in [0.2, 0.25) is 0 Å². The fourth-order valence-corrected chi connectivity index (χ4v) is 1.45. The molecule has 0 saturated heterocycles. The van der Waals surface area contributed by atoms with Gasteiger partial charge in [0, 0.05) is 12.8 Å². The third-order valence-corrected chi connectivity index (χ3v) is 2.74. The Bertz CT molecular complexity index is 469. The molecule has 0 fully saturated rings. The van der Waals surface area contributed by atoms with E-state index in [9.17, 15) is 9.59 Å². The first-order chi connectivity index (χ1) is 10.4. The average Bonchev–Trinajstić information content (AvgIpc) is 2.94. The zero-order valence-corrected chi connectivity index (χ0v) is 14.4. The van der Waals surface area contributed by atoms with Gasteiger partial charge in [0.15, 0.2) is 0 Å². The van der Waals surface area contributed by atoms with Crippen LogP contribution in [0.1, 0.15) is 46.6 Å². The van der Waals surface area contributed by atoms with E-state index in [1.165, 1.54) is 0 Å². The van der Waals surface area contributed by atoms with Gasteiger partial charge in [-0.15, -0.1) is 0 Å². The van der Waals surface area contributed by atoms with Gasteiger partial charge >= 0.3 is 0 Å². The molecule has 0 aliphatic carbocycles. The summed E-state index contributed by atoms with van der Waals surface area (Å²) in [4.78, 5) is 23.5. The number of aryl methyl sites for hydroxylation is 1. The summed E-state index contributed by atoms with van der Waals surface area (Å²) in [6.45, 7) is 11.7. The molecule has 126 valence electrons. The molecule has 0 unspecified atom stereocenters. The highest BCUT2D eigenvalue weighted by molar-refractivity contribution is 5.86. The summed E-state index contributed by atoms with van der Waals surface area (Å²) in [6, 6.07) is 0. The van der Waals surface area contributed by atoms with Gasteiger partial charge in [0.25, 0.3) is 11.8 Å². The highest BCUT2D eigenvalue weighted by Gasteiger charge is 2.30. The van der Waals surface area contributed by atoms with Crippen LogP contribution in [0.5, 0.6) is 0 Å². The largest absolute Gasteiger partial charge is 0.372 e. The number of nitrogens with zero attached hydrogens (tertiary/aromatic N) is 2. The van der Waals surface area contributed by atoms with Gasteiger partial charge in [0.2, 0.25) is 0 Å². The van der Waals surface area contributed by atoms with Gasteiger partial charge < -0.3 is 4.74 Å². The quantitative estimate of drug-likeness (QED) is 0.616. The third-order valence-electron chi connectivity index (χ3n) is 2.74. The van der Waals surface area contributed by atoms with Crippen molar-refractivity contribution in [2.45, 2.75) is 53.5 Å². The Morgan fingerprint density at radius 1 is 1.32 bits per heavy atom. The van der Waals surface area contributed by atoms with Crippen molar-refractivity contribution in [2.24, 2.45) is 0 Å². The van der Waals surface area contributed by atoms with Crippen LogP contribution in [0.4, 0.5) is 0 Å². The minimum absolute atomic E-state index is 0.0740. The van der Waals surface area contributed by atoms with Crippen molar-refractivity contribution in [1.82, 2.24) is 20.6 Å². The summed E-state index contributed by atoms with van der Waals surface area (Å²) in [6.07, 6.45) is 4.28. The number of amides is 2. The Morgan fingerprint density at radius 3 is 2.45 bits per heavy atom. The molecule has 7 nitrogen and oxygen atoms in total. The van der Waals surface area contributed by atoms with E-state index in [0.717, 1.165) is 12.0 Å². The molecule has 0 radical (unpaired) electrons. The van der Waals surface area contributed by atoms with Gasteiger partial charge in [0.05, 0.1) is 6.20 Å². The summed E-state index contributed by atoms with van der Waals surface area (Å²) < 4.78 is 6.62. The summed E-state index contributed by atoms with van der Waals surface area (Å²) >= 11 is 0. The summed E-state index contributed by atoms with van der Waals surface area (Å²) in [5.41, 5.74) is 4.76. The van der Waals surface area contributed by atoms with E-state index < -0.39 is 5.54 Å². The maximum Gasteiger partial charge on any atom is 0.265 e. The molecule has 7 heteroatoms. The molecule has 2 N–H and O–H groups in total. The molecule has 1 heterocycles. The zero-order chi connectivity index (χ0) is 17.2. The molecule has 1 aromatic rings. The minimum atomic E-state index is -0.897. The van der Waals surface area contributed by atoms with Gasteiger partial charge in [-0.25, -0.2) is 0 Å². The van der Waals surface area contributed by atoms with Crippen LogP contribution in [0.3, 0.4) is 0 Å². The van der Waals surface area contributed by atoms with E-state index in [0.29, 0.717) is 6.61 Å². The Hall–Kier alpha value is -1.89. The molecule has 0 spiro atoms. The van der Waals surface area contributed by atoms with E-state index >= 15 is 0 Å². The van der Waals surface area contributed by atoms with Crippen LogP contribution in [0.15, 0.2) is 12.4 Å². The third kappa shape index (κ3) is 6.26. The van der Waals surface area contributed by atoms with E-state index in [1.807, 2.05) is 27.7 Å². The number of hydrogen-bond donors (Lipinski definition) is 2. The van der Waals surface area contributed by atoms with E-state index in [-0.39, 0.29) is 18.4 Å². The molecule has 0 saturated carbocycles. The lowest BCUT2D eigenvalue weighted by atomic mass is 10.1. The van der Waals surface area contributed by atoms with E-state index in [2.05, 4.69) is 16.0 Å². The Morgan fingerprint density at radius 2 is 1.95 bits per heavy atom. The van der Waals surface area contributed by atoms with Gasteiger partial charge in [-0.3, -0.25) is 25.1 Å². The van der Waals surface area contributed by atoms with Crippen molar-refractivity contribution in [3.63, 3.8) is 0 Å². The standard InChI is InChI=1S/C13H22N4O3.C2H6/c1-5-6-20-9-11(18)15-16-12(19)13(3,4)17-8-10(2)7-14-17;1-2/h7-8H,5-6,9H2,1-4H3,(H,15,18)(H,16,19);1-2H3. The minimum Gasteiger partial charge on any atom is -0.372 e. The summed E-state index contributed by atoms with van der Waals surface area (Å²) in [5, 5.41) is 4.11. The van der Waals surface area contributed by atoms with Crippen LogP contribution in [0.25, 0.3) is 0 Å². The fraction of sp³-hybridized carbons (Fsp3) is 0.667. The monoisotopic (exact) mass is 312 g/mol. The molecular weight excluding hydrogens is 284 g/mol. The summed E-state index contributed by atoms with van der Waals surface area (Å²) in [5.74, 6) is -0.747. The lowest BCUT2D eigenvalue weighted by molar-refractivity contribution is -0.135. The first kappa shape index (κ1) is 20.1. The number of rotatable bonds is 6. The van der Waals surface area contributed by atoms with Crippen molar-refractivity contribution in [1.29, 1.82) is 0 Å². The molecule has 0 atom stereocenters.